The fourth-order valence-electron chi connectivity index (χ4n) is 1.95. The monoisotopic (exact) mass is 315 g/mol. The van der Waals surface area contributed by atoms with Crippen molar-refractivity contribution in [1.29, 1.82) is 0 Å². The SMILES string of the molecule is Cc1cc(N2CC(C(=O)O)CC2=O)c(F)cc1Br. The maximum absolute atomic E-state index is 13.8. The molecular weight excluding hydrogens is 305 g/mol. The molecule has 1 saturated heterocycles. The van der Waals surface area contributed by atoms with Crippen molar-refractivity contribution in [3.8, 4) is 0 Å². The van der Waals surface area contributed by atoms with Gasteiger partial charge in [0.25, 0.3) is 0 Å². The third kappa shape index (κ3) is 2.25. The number of anilines is 1. The van der Waals surface area contributed by atoms with Crippen LogP contribution in [0.1, 0.15) is 12.0 Å². The first-order valence-electron chi connectivity index (χ1n) is 5.39. The Bertz CT molecular complexity index is 532. The Morgan fingerprint density at radius 3 is 2.78 bits per heavy atom. The number of benzene rings is 1. The highest BCUT2D eigenvalue weighted by Crippen LogP contribution is 2.31. The van der Waals surface area contributed by atoms with Crippen molar-refractivity contribution in [3.05, 3.63) is 28.0 Å². The van der Waals surface area contributed by atoms with Gasteiger partial charge < -0.3 is 10.0 Å². The van der Waals surface area contributed by atoms with Gasteiger partial charge in [-0.05, 0) is 24.6 Å². The van der Waals surface area contributed by atoms with Gasteiger partial charge in [-0.15, -0.1) is 0 Å². The average Bonchev–Trinajstić information content (AvgIpc) is 2.66. The maximum Gasteiger partial charge on any atom is 0.308 e. The van der Waals surface area contributed by atoms with E-state index in [4.69, 9.17) is 5.11 Å². The average molecular weight is 316 g/mol. The molecule has 2 rings (SSSR count). The van der Waals surface area contributed by atoms with Gasteiger partial charge in [0.2, 0.25) is 5.91 Å². The van der Waals surface area contributed by atoms with E-state index in [-0.39, 0.29) is 24.6 Å². The van der Waals surface area contributed by atoms with E-state index in [2.05, 4.69) is 15.9 Å². The number of aliphatic carboxylic acids is 1. The number of rotatable bonds is 2. The van der Waals surface area contributed by atoms with E-state index in [0.29, 0.717) is 4.47 Å². The quantitative estimate of drug-likeness (QED) is 0.911. The molecule has 1 aliphatic rings. The highest BCUT2D eigenvalue weighted by molar-refractivity contribution is 9.10. The Morgan fingerprint density at radius 2 is 2.22 bits per heavy atom. The van der Waals surface area contributed by atoms with Gasteiger partial charge >= 0.3 is 5.97 Å². The van der Waals surface area contributed by atoms with Crippen molar-refractivity contribution >= 4 is 33.5 Å². The van der Waals surface area contributed by atoms with Gasteiger partial charge in [0, 0.05) is 17.4 Å². The van der Waals surface area contributed by atoms with Crippen LogP contribution < -0.4 is 4.90 Å². The lowest BCUT2D eigenvalue weighted by Gasteiger charge is -2.18. The summed E-state index contributed by atoms with van der Waals surface area (Å²) in [5.41, 5.74) is 0.933. The van der Waals surface area contributed by atoms with E-state index >= 15 is 0 Å². The van der Waals surface area contributed by atoms with Gasteiger partial charge in [0.1, 0.15) is 5.82 Å². The standard InChI is InChI=1S/C12H11BrFNO3/c1-6-2-10(9(14)4-8(6)13)15-5-7(12(17)18)3-11(15)16/h2,4,7H,3,5H2,1H3,(H,17,18). The number of carbonyl (C=O) groups is 2. The fraction of sp³-hybridized carbons (Fsp3) is 0.333. The summed E-state index contributed by atoms with van der Waals surface area (Å²) in [4.78, 5) is 23.8. The van der Waals surface area contributed by atoms with Gasteiger partial charge in [-0.25, -0.2) is 4.39 Å². The molecule has 1 N–H and O–H groups in total. The second-order valence-corrected chi connectivity index (χ2v) is 5.15. The Labute approximate surface area is 112 Å². The lowest BCUT2D eigenvalue weighted by atomic mass is 10.1. The predicted molar refractivity (Wildman–Crippen MR) is 66.9 cm³/mol. The molecule has 0 bridgehead atoms. The highest BCUT2D eigenvalue weighted by Gasteiger charge is 2.36. The Kier molecular flexibility index (Phi) is 3.38. The van der Waals surface area contributed by atoms with E-state index in [1.165, 1.54) is 11.0 Å². The van der Waals surface area contributed by atoms with E-state index in [1.807, 2.05) is 0 Å². The van der Waals surface area contributed by atoms with Gasteiger partial charge in [-0.1, -0.05) is 15.9 Å². The molecule has 1 aromatic rings. The number of halogens is 2. The fourth-order valence-corrected chi connectivity index (χ4v) is 2.27. The second-order valence-electron chi connectivity index (χ2n) is 4.30. The number of aryl methyl sites for hydroxylation is 1. The first-order chi connectivity index (χ1) is 8.40. The molecule has 6 heteroatoms. The minimum atomic E-state index is -1.03. The molecule has 0 radical (unpaired) electrons. The minimum absolute atomic E-state index is 0.0200. The zero-order chi connectivity index (χ0) is 13.4. The molecule has 0 saturated carbocycles. The summed E-state index contributed by atoms with van der Waals surface area (Å²) >= 11 is 3.20. The Hall–Kier alpha value is -1.43. The molecule has 0 spiro atoms. The molecule has 1 fully saturated rings. The third-order valence-corrected chi connectivity index (χ3v) is 3.85. The topological polar surface area (TPSA) is 57.6 Å². The molecule has 0 aromatic heterocycles. The van der Waals surface area contributed by atoms with Crippen molar-refractivity contribution < 1.29 is 19.1 Å². The normalized spacial score (nSPS) is 19.4. The van der Waals surface area contributed by atoms with E-state index in [0.717, 1.165) is 5.56 Å². The lowest BCUT2D eigenvalue weighted by Crippen LogP contribution is -2.26. The summed E-state index contributed by atoms with van der Waals surface area (Å²) in [7, 11) is 0. The third-order valence-electron chi connectivity index (χ3n) is 2.99. The number of carbonyl (C=O) groups excluding carboxylic acids is 1. The van der Waals surface area contributed by atoms with Gasteiger partial charge in [0.05, 0.1) is 11.6 Å². The number of hydrogen-bond donors (Lipinski definition) is 1. The molecule has 1 amide bonds. The molecule has 1 aromatic carbocycles. The summed E-state index contributed by atoms with van der Waals surface area (Å²) in [6.45, 7) is 1.80. The molecule has 1 unspecified atom stereocenters. The number of carboxylic acids is 1. The molecule has 1 aliphatic heterocycles. The molecule has 0 aliphatic carbocycles. The van der Waals surface area contributed by atoms with Crippen LogP contribution in [0.5, 0.6) is 0 Å². The maximum atomic E-state index is 13.8. The van der Waals surface area contributed by atoms with Gasteiger partial charge in [0.15, 0.2) is 0 Å². The van der Waals surface area contributed by atoms with E-state index in [1.54, 1.807) is 13.0 Å². The van der Waals surface area contributed by atoms with Gasteiger partial charge in [-0.2, -0.15) is 0 Å². The largest absolute Gasteiger partial charge is 0.481 e. The molecule has 18 heavy (non-hydrogen) atoms. The van der Waals surface area contributed by atoms with E-state index in [9.17, 15) is 14.0 Å². The van der Waals surface area contributed by atoms with E-state index < -0.39 is 17.7 Å². The van der Waals surface area contributed by atoms with Gasteiger partial charge in [-0.3, -0.25) is 9.59 Å². The second kappa shape index (κ2) is 4.68. The predicted octanol–water partition coefficient (Wildman–Crippen LogP) is 2.33. The van der Waals surface area contributed by atoms with Crippen LogP contribution in [0.4, 0.5) is 10.1 Å². The zero-order valence-electron chi connectivity index (χ0n) is 9.61. The van der Waals surface area contributed by atoms with Crippen molar-refractivity contribution in [3.63, 3.8) is 0 Å². The van der Waals surface area contributed by atoms with Crippen molar-refractivity contribution in [2.75, 3.05) is 11.4 Å². The molecule has 4 nitrogen and oxygen atoms in total. The van der Waals surface area contributed by atoms with Crippen LogP contribution in [0.25, 0.3) is 0 Å². The van der Waals surface area contributed by atoms with Crippen LogP contribution in [0.15, 0.2) is 16.6 Å². The summed E-state index contributed by atoms with van der Waals surface area (Å²) in [6.07, 6.45) is -0.0795. The van der Waals surface area contributed by atoms with Crippen molar-refractivity contribution in [1.82, 2.24) is 0 Å². The highest BCUT2D eigenvalue weighted by atomic mass is 79.9. The van der Waals surface area contributed by atoms with Crippen LogP contribution in [0.2, 0.25) is 0 Å². The molecule has 1 heterocycles. The summed E-state index contributed by atoms with van der Waals surface area (Å²) in [5.74, 6) is -2.68. The van der Waals surface area contributed by atoms with Crippen molar-refractivity contribution in [2.45, 2.75) is 13.3 Å². The number of hydrogen-bond acceptors (Lipinski definition) is 2. The Balaban J connectivity index is 2.35. The smallest absolute Gasteiger partial charge is 0.308 e. The lowest BCUT2D eigenvalue weighted by molar-refractivity contribution is -0.141. The van der Waals surface area contributed by atoms with Crippen LogP contribution in [0, 0.1) is 18.7 Å². The van der Waals surface area contributed by atoms with Crippen molar-refractivity contribution in [2.24, 2.45) is 5.92 Å². The number of carboxylic acid groups (broad SMARTS) is 1. The first kappa shape index (κ1) is 13.0. The van der Waals surface area contributed by atoms with Crippen LogP contribution in [-0.2, 0) is 9.59 Å². The summed E-state index contributed by atoms with van der Waals surface area (Å²) < 4.78 is 14.4. The Morgan fingerprint density at radius 1 is 1.56 bits per heavy atom. The zero-order valence-corrected chi connectivity index (χ0v) is 11.2. The van der Waals surface area contributed by atoms with Crippen LogP contribution in [0.3, 0.4) is 0 Å². The van der Waals surface area contributed by atoms with Crippen LogP contribution in [-0.4, -0.2) is 23.5 Å². The number of amides is 1. The summed E-state index contributed by atoms with van der Waals surface area (Å²) in [6, 6.07) is 2.83. The summed E-state index contributed by atoms with van der Waals surface area (Å²) in [5, 5.41) is 8.88. The minimum Gasteiger partial charge on any atom is -0.481 e. The molecule has 96 valence electrons. The number of nitrogens with zero attached hydrogens (tertiary/aromatic N) is 1. The molecule has 1 atom stereocenters. The van der Waals surface area contributed by atoms with Crippen LogP contribution >= 0.6 is 15.9 Å². The molecular formula is C12H11BrFNO3. The first-order valence-corrected chi connectivity index (χ1v) is 6.18.